The van der Waals surface area contributed by atoms with Crippen LogP contribution in [0.3, 0.4) is 0 Å². The molecule has 0 aromatic heterocycles. The van der Waals surface area contributed by atoms with E-state index in [0.29, 0.717) is 34.9 Å². The van der Waals surface area contributed by atoms with Gasteiger partial charge in [0.2, 0.25) is 12.3 Å². The minimum atomic E-state index is -0.910. The highest BCUT2D eigenvalue weighted by atomic mass is 35.5. The van der Waals surface area contributed by atoms with Crippen LogP contribution in [0.1, 0.15) is 54.2 Å². The van der Waals surface area contributed by atoms with Gasteiger partial charge in [-0.25, -0.2) is 0 Å². The molecule has 4 atom stereocenters. The molecule has 3 amide bonds. The van der Waals surface area contributed by atoms with Crippen molar-refractivity contribution in [1.29, 1.82) is 5.26 Å². The first-order valence-electron chi connectivity index (χ1n) is 13.3. The van der Waals surface area contributed by atoms with Gasteiger partial charge in [0.05, 0.1) is 24.3 Å². The number of halogens is 2. The molecule has 212 valence electrons. The van der Waals surface area contributed by atoms with Crippen LogP contribution >= 0.6 is 23.2 Å². The molecule has 4 rings (SSSR count). The molecule has 0 bridgehead atoms. The molecular weight excluding hydrogens is 563 g/mol. The number of rotatable bonds is 11. The van der Waals surface area contributed by atoms with Gasteiger partial charge in [0.25, 0.3) is 5.91 Å². The number of hydrogen-bond donors (Lipinski definition) is 2. The SMILES string of the molecule is CCC[C@H](C(=O)NCNC=O)N1C(=O)[C@H](Cc2ccc(C#N)cc2)O[C@@H](c2ccc(Cl)cc2)[C@H]1c1ccc(Cl)cc1. The number of benzene rings is 3. The van der Waals surface area contributed by atoms with Crippen molar-refractivity contribution in [2.45, 2.75) is 50.5 Å². The molecule has 0 aliphatic carbocycles. The number of carbonyl (C=O) groups excluding carboxylic acids is 3. The monoisotopic (exact) mass is 592 g/mol. The summed E-state index contributed by atoms with van der Waals surface area (Å²) in [6.45, 7) is 1.87. The van der Waals surface area contributed by atoms with Crippen molar-refractivity contribution in [2.24, 2.45) is 0 Å². The highest BCUT2D eigenvalue weighted by molar-refractivity contribution is 6.30. The average Bonchev–Trinajstić information content (AvgIpc) is 2.98. The van der Waals surface area contributed by atoms with Crippen molar-refractivity contribution in [3.8, 4) is 6.07 Å². The van der Waals surface area contributed by atoms with Crippen LogP contribution in [0.15, 0.2) is 72.8 Å². The Balaban J connectivity index is 1.83. The van der Waals surface area contributed by atoms with E-state index in [1.165, 1.54) is 0 Å². The number of nitrogens with one attached hydrogen (secondary N) is 2. The van der Waals surface area contributed by atoms with Crippen molar-refractivity contribution in [2.75, 3.05) is 6.67 Å². The molecule has 1 saturated heterocycles. The van der Waals surface area contributed by atoms with E-state index in [9.17, 15) is 19.6 Å². The number of nitrogens with zero attached hydrogens (tertiary/aromatic N) is 2. The van der Waals surface area contributed by atoms with Crippen LogP contribution in [0.25, 0.3) is 0 Å². The normalized spacial score (nSPS) is 19.2. The van der Waals surface area contributed by atoms with Crippen LogP contribution < -0.4 is 10.6 Å². The highest BCUT2D eigenvalue weighted by Gasteiger charge is 2.48. The minimum Gasteiger partial charge on any atom is -0.358 e. The van der Waals surface area contributed by atoms with E-state index in [1.807, 2.05) is 31.2 Å². The van der Waals surface area contributed by atoms with Crippen LogP contribution in [0.5, 0.6) is 0 Å². The highest BCUT2D eigenvalue weighted by Crippen LogP contribution is 2.44. The van der Waals surface area contributed by atoms with Crippen LogP contribution in [0.2, 0.25) is 10.0 Å². The Morgan fingerprint density at radius 1 is 1.02 bits per heavy atom. The van der Waals surface area contributed by atoms with Gasteiger partial charge in [-0.3, -0.25) is 14.4 Å². The van der Waals surface area contributed by atoms with E-state index in [-0.39, 0.29) is 24.9 Å². The summed E-state index contributed by atoms with van der Waals surface area (Å²) < 4.78 is 6.60. The molecule has 1 aliphatic rings. The second-order valence-electron chi connectivity index (χ2n) is 9.70. The molecule has 8 nitrogen and oxygen atoms in total. The first kappa shape index (κ1) is 30.1. The first-order valence-corrected chi connectivity index (χ1v) is 14.0. The standard InChI is InChI=1S/C31H30Cl2N4O4/c1-2-3-26(30(39)36-18-35-19-38)37-28(22-8-12-24(32)13-9-22)29(23-10-14-25(33)15-11-23)41-27(31(37)40)16-20-4-6-21(17-34)7-5-20/h4-15,19,26-29H,2-3,16,18H2,1H3,(H,35,38)(H,36,39)/t26-,27+,28-,29+/m1/s1. The molecule has 1 aliphatic heterocycles. The Labute approximate surface area is 249 Å². The van der Waals surface area contributed by atoms with Crippen molar-refractivity contribution >= 4 is 41.4 Å². The second-order valence-corrected chi connectivity index (χ2v) is 10.6. The lowest BCUT2D eigenvalue weighted by atomic mass is 9.88. The zero-order valence-electron chi connectivity index (χ0n) is 22.4. The number of carbonyl (C=O) groups is 3. The van der Waals surface area contributed by atoms with Crippen molar-refractivity contribution in [3.05, 3.63) is 105 Å². The average molecular weight is 594 g/mol. The fourth-order valence-corrected chi connectivity index (χ4v) is 5.30. The summed E-state index contributed by atoms with van der Waals surface area (Å²) in [6.07, 6.45) is 0.201. The summed E-state index contributed by atoms with van der Waals surface area (Å²) in [7, 11) is 0. The van der Waals surface area contributed by atoms with E-state index >= 15 is 0 Å². The van der Waals surface area contributed by atoms with Crippen LogP contribution in [-0.4, -0.2) is 41.9 Å². The van der Waals surface area contributed by atoms with Gasteiger partial charge in [-0.1, -0.05) is 72.9 Å². The lowest BCUT2D eigenvalue weighted by molar-refractivity contribution is -0.181. The van der Waals surface area contributed by atoms with Gasteiger partial charge in [0, 0.05) is 16.5 Å². The number of morpholine rings is 1. The van der Waals surface area contributed by atoms with Crippen molar-refractivity contribution in [1.82, 2.24) is 15.5 Å². The number of amides is 3. The van der Waals surface area contributed by atoms with Crippen molar-refractivity contribution in [3.63, 3.8) is 0 Å². The maximum absolute atomic E-state index is 14.3. The Bertz CT molecular complexity index is 1390. The third kappa shape index (κ3) is 7.25. The Morgan fingerprint density at radius 3 is 2.20 bits per heavy atom. The zero-order chi connectivity index (χ0) is 29.4. The van der Waals surface area contributed by atoms with Gasteiger partial charge in [-0.2, -0.15) is 5.26 Å². The number of nitriles is 1. The van der Waals surface area contributed by atoms with Crippen LogP contribution in [-0.2, 0) is 25.5 Å². The Morgan fingerprint density at radius 2 is 1.63 bits per heavy atom. The summed E-state index contributed by atoms with van der Waals surface area (Å²) in [5.41, 5.74) is 2.86. The fourth-order valence-electron chi connectivity index (χ4n) is 5.05. The minimum absolute atomic E-state index is 0.0675. The van der Waals surface area contributed by atoms with Gasteiger partial charge in [0.15, 0.2) is 0 Å². The van der Waals surface area contributed by atoms with Gasteiger partial charge >= 0.3 is 0 Å². The third-order valence-electron chi connectivity index (χ3n) is 6.99. The van der Waals surface area contributed by atoms with E-state index < -0.39 is 24.3 Å². The third-order valence-corrected chi connectivity index (χ3v) is 7.49. The Kier molecular flexibility index (Phi) is 10.4. The predicted octanol–water partition coefficient (Wildman–Crippen LogP) is 5.11. The molecule has 0 unspecified atom stereocenters. The second kappa shape index (κ2) is 14.1. The molecule has 41 heavy (non-hydrogen) atoms. The van der Waals surface area contributed by atoms with Gasteiger partial charge in [0.1, 0.15) is 18.2 Å². The maximum Gasteiger partial charge on any atom is 0.253 e. The topological polar surface area (TPSA) is 112 Å². The number of ether oxygens (including phenoxy) is 1. The Hall–Kier alpha value is -3.90. The van der Waals surface area contributed by atoms with Gasteiger partial charge < -0.3 is 20.3 Å². The molecule has 3 aromatic carbocycles. The van der Waals surface area contributed by atoms with Gasteiger partial charge in [-0.05, 0) is 59.5 Å². The molecule has 1 fully saturated rings. The lowest BCUT2D eigenvalue weighted by Crippen LogP contribution is -2.59. The summed E-state index contributed by atoms with van der Waals surface area (Å²) in [5, 5.41) is 15.4. The summed E-state index contributed by atoms with van der Waals surface area (Å²) in [5.74, 6) is -0.723. The lowest BCUT2D eigenvalue weighted by Gasteiger charge is -2.47. The van der Waals surface area contributed by atoms with Gasteiger partial charge in [-0.15, -0.1) is 0 Å². The largest absolute Gasteiger partial charge is 0.358 e. The molecule has 2 N–H and O–H groups in total. The smallest absolute Gasteiger partial charge is 0.253 e. The molecular formula is C31H30Cl2N4O4. The van der Waals surface area contributed by atoms with Crippen molar-refractivity contribution < 1.29 is 19.1 Å². The quantitative estimate of drug-likeness (QED) is 0.183. The molecule has 0 saturated carbocycles. The van der Waals surface area contributed by atoms with E-state index in [1.54, 1.807) is 53.4 Å². The van der Waals surface area contributed by atoms with E-state index in [4.69, 9.17) is 27.9 Å². The van der Waals surface area contributed by atoms with Crippen LogP contribution in [0.4, 0.5) is 0 Å². The summed E-state index contributed by atoms with van der Waals surface area (Å²) in [4.78, 5) is 40.3. The molecule has 10 heteroatoms. The predicted molar refractivity (Wildman–Crippen MR) is 156 cm³/mol. The van der Waals surface area contributed by atoms with E-state index in [0.717, 1.165) is 16.7 Å². The number of hydrogen-bond acceptors (Lipinski definition) is 5. The molecule has 0 spiro atoms. The first-order chi connectivity index (χ1) is 19.9. The molecule has 0 radical (unpaired) electrons. The molecule has 3 aromatic rings. The fraction of sp³-hybridized carbons (Fsp3) is 0.290. The van der Waals surface area contributed by atoms with Crippen LogP contribution in [0, 0.1) is 11.3 Å². The molecule has 1 heterocycles. The summed E-state index contributed by atoms with van der Waals surface area (Å²) >= 11 is 12.4. The summed E-state index contributed by atoms with van der Waals surface area (Å²) in [6, 6.07) is 21.9. The van der Waals surface area contributed by atoms with E-state index in [2.05, 4.69) is 16.7 Å². The zero-order valence-corrected chi connectivity index (χ0v) is 23.9. The maximum atomic E-state index is 14.3.